The van der Waals surface area contributed by atoms with E-state index in [1.54, 1.807) is 49.4 Å². The molecule has 0 aliphatic heterocycles. The lowest BCUT2D eigenvalue weighted by molar-refractivity contribution is -0.140. The second kappa shape index (κ2) is 9.89. The topological polar surface area (TPSA) is 99.6 Å². The summed E-state index contributed by atoms with van der Waals surface area (Å²) < 4.78 is 15.9. The van der Waals surface area contributed by atoms with Crippen molar-refractivity contribution in [2.75, 3.05) is 13.7 Å². The van der Waals surface area contributed by atoms with Crippen molar-refractivity contribution in [2.45, 2.75) is 19.4 Å². The van der Waals surface area contributed by atoms with Crippen molar-refractivity contribution in [1.29, 1.82) is 0 Å². The highest BCUT2D eigenvalue weighted by molar-refractivity contribution is 6.31. The monoisotopic (exact) mass is 429 g/mol. The fourth-order valence-corrected chi connectivity index (χ4v) is 2.68. The van der Waals surface area contributed by atoms with Crippen LogP contribution in [0.4, 0.5) is 0 Å². The fraction of sp³-hybridized carbons (Fsp3) is 0.238. The molecule has 1 unspecified atom stereocenters. The van der Waals surface area contributed by atoms with E-state index in [0.717, 1.165) is 0 Å². The van der Waals surface area contributed by atoms with Crippen molar-refractivity contribution >= 4 is 34.5 Å². The molecule has 30 heavy (non-hydrogen) atoms. The van der Waals surface area contributed by atoms with Gasteiger partial charge in [-0.1, -0.05) is 11.6 Å². The molecule has 1 atom stereocenters. The van der Waals surface area contributed by atoms with E-state index < -0.39 is 6.10 Å². The van der Waals surface area contributed by atoms with Gasteiger partial charge in [-0.3, -0.25) is 9.59 Å². The zero-order chi connectivity index (χ0) is 21.5. The van der Waals surface area contributed by atoms with Gasteiger partial charge in [0.05, 0.1) is 30.8 Å². The molecule has 3 rings (SSSR count). The Morgan fingerprint density at radius 2 is 1.83 bits per heavy atom. The molecule has 0 bridgehead atoms. The molecule has 1 heterocycles. The summed E-state index contributed by atoms with van der Waals surface area (Å²) in [6, 6.07) is 12.0. The number of benzene rings is 2. The summed E-state index contributed by atoms with van der Waals surface area (Å²) in [5, 5.41) is 3.21. The molecular formula is C21H20ClN3O5. The number of nitrogens with one attached hydrogen (secondary N) is 1. The van der Waals surface area contributed by atoms with E-state index in [1.165, 1.54) is 13.3 Å². The third kappa shape index (κ3) is 5.81. The summed E-state index contributed by atoms with van der Waals surface area (Å²) >= 11 is 5.95. The van der Waals surface area contributed by atoms with Crippen LogP contribution in [0.25, 0.3) is 11.0 Å². The third-order valence-electron chi connectivity index (χ3n) is 4.07. The van der Waals surface area contributed by atoms with E-state index in [-0.39, 0.29) is 24.8 Å². The Morgan fingerprint density at radius 1 is 1.10 bits per heavy atom. The van der Waals surface area contributed by atoms with Crippen LogP contribution >= 0.6 is 11.6 Å². The van der Waals surface area contributed by atoms with Crippen molar-refractivity contribution in [1.82, 2.24) is 15.3 Å². The lowest BCUT2D eigenvalue weighted by atomic mass is 10.3. The minimum Gasteiger partial charge on any atom is -0.481 e. The van der Waals surface area contributed by atoms with Gasteiger partial charge in [0.25, 0.3) is 5.91 Å². The Bertz CT molecular complexity index is 1040. The second-order valence-corrected chi connectivity index (χ2v) is 6.73. The van der Waals surface area contributed by atoms with Crippen LogP contribution in [-0.2, 0) is 14.3 Å². The third-order valence-corrected chi connectivity index (χ3v) is 4.30. The summed E-state index contributed by atoms with van der Waals surface area (Å²) in [5.74, 6) is 0.666. The summed E-state index contributed by atoms with van der Waals surface area (Å²) in [6.45, 7) is 1.81. The van der Waals surface area contributed by atoms with Gasteiger partial charge in [-0.25, -0.2) is 9.97 Å². The number of halogens is 1. The molecule has 0 saturated heterocycles. The van der Waals surface area contributed by atoms with Crippen LogP contribution < -0.4 is 14.8 Å². The molecule has 8 nitrogen and oxygen atoms in total. The highest BCUT2D eigenvalue weighted by Gasteiger charge is 2.15. The van der Waals surface area contributed by atoms with Crippen molar-refractivity contribution in [2.24, 2.45) is 0 Å². The van der Waals surface area contributed by atoms with Gasteiger partial charge in [0.2, 0.25) is 5.88 Å². The van der Waals surface area contributed by atoms with Crippen LogP contribution in [-0.4, -0.2) is 41.6 Å². The predicted molar refractivity (Wildman–Crippen MR) is 111 cm³/mol. The van der Waals surface area contributed by atoms with E-state index in [9.17, 15) is 9.59 Å². The number of hydrogen-bond donors (Lipinski definition) is 1. The van der Waals surface area contributed by atoms with E-state index in [2.05, 4.69) is 20.0 Å². The number of amides is 1. The average molecular weight is 430 g/mol. The van der Waals surface area contributed by atoms with Crippen molar-refractivity contribution in [3.8, 4) is 17.4 Å². The maximum absolute atomic E-state index is 12.0. The van der Waals surface area contributed by atoms with Gasteiger partial charge in [0.15, 0.2) is 6.10 Å². The van der Waals surface area contributed by atoms with Gasteiger partial charge in [0, 0.05) is 11.6 Å². The first kappa shape index (κ1) is 21.3. The Balaban J connectivity index is 1.55. The molecule has 1 amide bonds. The number of hydrogen-bond acceptors (Lipinski definition) is 7. The molecular weight excluding hydrogens is 410 g/mol. The standard InChI is InChI=1S/C21H20ClN3O5/c1-13(21(27)23-10-9-20(26)28-2)29-15-4-6-16(7-5-15)30-19-12-24-18-11-14(22)3-8-17(18)25-19/h3-8,11-13H,9-10H2,1-2H3,(H,23,27). The molecule has 0 radical (unpaired) electrons. The van der Waals surface area contributed by atoms with Crippen LogP contribution in [0.5, 0.6) is 17.4 Å². The van der Waals surface area contributed by atoms with Crippen LogP contribution in [0, 0.1) is 0 Å². The van der Waals surface area contributed by atoms with Gasteiger partial charge in [-0.05, 0) is 49.4 Å². The van der Waals surface area contributed by atoms with Crippen molar-refractivity contribution < 1.29 is 23.8 Å². The number of carbonyl (C=O) groups excluding carboxylic acids is 2. The molecule has 0 saturated carbocycles. The number of methoxy groups -OCH3 is 1. The largest absolute Gasteiger partial charge is 0.481 e. The van der Waals surface area contributed by atoms with Crippen molar-refractivity contribution in [3.05, 3.63) is 53.7 Å². The lowest BCUT2D eigenvalue weighted by Crippen LogP contribution is -2.37. The Labute approximate surface area is 178 Å². The van der Waals surface area contributed by atoms with Gasteiger partial charge >= 0.3 is 5.97 Å². The van der Waals surface area contributed by atoms with Crippen LogP contribution in [0.2, 0.25) is 5.02 Å². The number of rotatable bonds is 8. The average Bonchev–Trinajstić information content (AvgIpc) is 2.75. The summed E-state index contributed by atoms with van der Waals surface area (Å²) in [6.07, 6.45) is 0.891. The fourth-order valence-electron chi connectivity index (χ4n) is 2.51. The van der Waals surface area contributed by atoms with E-state index in [0.29, 0.717) is 33.4 Å². The molecule has 0 spiro atoms. The molecule has 1 N–H and O–H groups in total. The Morgan fingerprint density at radius 3 is 2.57 bits per heavy atom. The summed E-state index contributed by atoms with van der Waals surface area (Å²) in [7, 11) is 1.30. The minimum absolute atomic E-state index is 0.103. The molecule has 1 aromatic heterocycles. The maximum atomic E-state index is 12.0. The number of aromatic nitrogens is 2. The molecule has 9 heteroatoms. The zero-order valence-electron chi connectivity index (χ0n) is 16.4. The number of carbonyl (C=O) groups is 2. The molecule has 3 aromatic rings. The lowest BCUT2D eigenvalue weighted by Gasteiger charge is -2.15. The van der Waals surface area contributed by atoms with Crippen LogP contribution in [0.3, 0.4) is 0 Å². The molecule has 0 aliphatic carbocycles. The van der Waals surface area contributed by atoms with E-state index >= 15 is 0 Å². The number of fused-ring (bicyclic) bond motifs is 1. The first-order valence-electron chi connectivity index (χ1n) is 9.16. The van der Waals surface area contributed by atoms with Gasteiger partial charge in [-0.15, -0.1) is 0 Å². The molecule has 156 valence electrons. The van der Waals surface area contributed by atoms with Gasteiger partial charge < -0.3 is 19.5 Å². The highest BCUT2D eigenvalue weighted by Crippen LogP contribution is 2.24. The van der Waals surface area contributed by atoms with Crippen LogP contribution in [0.15, 0.2) is 48.7 Å². The maximum Gasteiger partial charge on any atom is 0.307 e. The molecule has 0 fully saturated rings. The van der Waals surface area contributed by atoms with Crippen molar-refractivity contribution in [3.63, 3.8) is 0 Å². The summed E-state index contributed by atoms with van der Waals surface area (Å²) in [5.41, 5.74) is 1.35. The summed E-state index contributed by atoms with van der Waals surface area (Å²) in [4.78, 5) is 31.8. The minimum atomic E-state index is -0.729. The SMILES string of the molecule is COC(=O)CCNC(=O)C(C)Oc1ccc(Oc2cnc3cc(Cl)ccc3n2)cc1. The second-order valence-electron chi connectivity index (χ2n) is 6.29. The highest BCUT2D eigenvalue weighted by atomic mass is 35.5. The first-order valence-corrected chi connectivity index (χ1v) is 9.54. The Hall–Kier alpha value is -3.39. The molecule has 2 aromatic carbocycles. The quantitative estimate of drug-likeness (QED) is 0.547. The number of ether oxygens (including phenoxy) is 3. The predicted octanol–water partition coefficient (Wildman–Crippen LogP) is 3.52. The van der Waals surface area contributed by atoms with E-state index in [1.807, 2.05) is 0 Å². The number of nitrogens with zero attached hydrogens (tertiary/aromatic N) is 2. The van der Waals surface area contributed by atoms with Gasteiger partial charge in [0.1, 0.15) is 11.5 Å². The van der Waals surface area contributed by atoms with Crippen LogP contribution in [0.1, 0.15) is 13.3 Å². The first-order chi connectivity index (χ1) is 14.4. The smallest absolute Gasteiger partial charge is 0.307 e. The Kier molecular flexibility index (Phi) is 7.03. The number of esters is 1. The van der Waals surface area contributed by atoms with Gasteiger partial charge in [-0.2, -0.15) is 0 Å². The van der Waals surface area contributed by atoms with E-state index in [4.69, 9.17) is 21.1 Å². The zero-order valence-corrected chi connectivity index (χ0v) is 17.2. The molecule has 0 aliphatic rings. The normalized spacial score (nSPS) is 11.6.